The maximum Gasteiger partial charge on any atom is 0.356 e. The molecule has 0 fully saturated rings. The van der Waals surface area contributed by atoms with Crippen molar-refractivity contribution >= 4 is 40.8 Å². The number of hydrogen-bond acceptors (Lipinski definition) is 1. The van der Waals surface area contributed by atoms with Crippen LogP contribution in [0.3, 0.4) is 0 Å². The third kappa shape index (κ3) is 5.81. The topological polar surface area (TPSA) is 37.3 Å². The van der Waals surface area contributed by atoms with Crippen molar-refractivity contribution in [3.63, 3.8) is 0 Å². The first-order chi connectivity index (χ1) is 2.94. The van der Waals surface area contributed by atoms with Crippen molar-refractivity contribution in [3.8, 4) is 0 Å². The Morgan fingerprint density at radius 2 is 1.50 bits per heavy atom. The molecule has 0 bridgehead atoms. The van der Waals surface area contributed by atoms with Gasteiger partial charge in [0.05, 0.1) is 0 Å². The van der Waals surface area contributed by atoms with Crippen molar-refractivity contribution in [2.24, 2.45) is 0 Å². The summed E-state index contributed by atoms with van der Waals surface area (Å²) in [4.78, 5) is 9.62. The van der Waals surface area contributed by atoms with E-state index >= 15 is 0 Å². The molecule has 1 N–H and O–H groups in total. The molecule has 0 saturated carbocycles. The first kappa shape index (κ1) is 12.4. The van der Waals surface area contributed by atoms with E-state index in [-0.39, 0.29) is 40.4 Å². The molecule has 0 radical (unpaired) electrons. The van der Waals surface area contributed by atoms with Gasteiger partial charge < -0.3 is 5.11 Å². The van der Waals surface area contributed by atoms with Gasteiger partial charge >= 0.3 is 5.97 Å². The van der Waals surface area contributed by atoms with Crippen molar-refractivity contribution < 1.29 is 50.3 Å². The first-order valence-corrected chi connectivity index (χ1v) is 2.38. The quantitative estimate of drug-likeness (QED) is 0.687. The van der Waals surface area contributed by atoms with Crippen molar-refractivity contribution in [3.05, 3.63) is 0 Å². The van der Waals surface area contributed by atoms with Crippen LogP contribution in [0, 0.1) is 40.4 Å². The molecule has 0 aromatic rings. The van der Waals surface area contributed by atoms with E-state index < -0.39 is 9.76 Å². The summed E-state index contributed by atoms with van der Waals surface area (Å²) in [6, 6.07) is 0. The Bertz CT molecular complexity index is 87.8. The monoisotopic (exact) mass is 314 g/mol. The van der Waals surface area contributed by atoms with E-state index in [4.69, 9.17) is 39.9 Å². The Morgan fingerprint density at radius 1 is 1.38 bits per heavy atom. The van der Waals surface area contributed by atoms with Crippen LogP contribution in [0.2, 0.25) is 0 Å². The molecule has 0 aliphatic carbocycles. The third-order valence-corrected chi connectivity index (χ3v) is 0.728. The second-order valence-electron chi connectivity index (χ2n) is 0.803. The summed E-state index contributed by atoms with van der Waals surface area (Å²) in [5, 5.41) is 7.85. The predicted octanol–water partition coefficient (Wildman–Crippen LogP) is 1.44. The molecular formula is C2HCl3O2Sm. The number of hydrogen-bond donors (Lipinski definition) is 1. The molecule has 0 saturated heterocycles. The number of halogens is 3. The maximum atomic E-state index is 9.62. The van der Waals surface area contributed by atoms with Crippen LogP contribution in [-0.4, -0.2) is 14.9 Å². The van der Waals surface area contributed by atoms with Crippen LogP contribution in [0.15, 0.2) is 0 Å². The molecule has 0 heterocycles. The fourth-order valence-electron chi connectivity index (χ4n) is 0. The van der Waals surface area contributed by atoms with Gasteiger partial charge in [0.1, 0.15) is 0 Å². The van der Waals surface area contributed by atoms with Gasteiger partial charge in [0, 0.05) is 40.4 Å². The van der Waals surface area contributed by atoms with E-state index in [2.05, 4.69) is 0 Å². The largest absolute Gasteiger partial charge is 0.478 e. The van der Waals surface area contributed by atoms with E-state index in [0.717, 1.165) is 0 Å². The summed E-state index contributed by atoms with van der Waals surface area (Å²) >= 11 is 14.4. The van der Waals surface area contributed by atoms with Gasteiger partial charge in [0.15, 0.2) is 0 Å². The zero-order valence-electron chi connectivity index (χ0n) is 3.40. The van der Waals surface area contributed by atoms with Crippen molar-refractivity contribution in [1.29, 1.82) is 0 Å². The number of carboxylic acids is 1. The number of aliphatic carboxylic acids is 1. The van der Waals surface area contributed by atoms with Crippen LogP contribution >= 0.6 is 34.8 Å². The summed E-state index contributed by atoms with van der Waals surface area (Å²) in [7, 11) is 0. The van der Waals surface area contributed by atoms with Crippen LogP contribution in [0.4, 0.5) is 0 Å². The molecule has 48 valence electrons. The third-order valence-electron chi connectivity index (χ3n) is 0.243. The molecule has 2 nitrogen and oxygen atoms in total. The minimum Gasteiger partial charge on any atom is -0.478 e. The van der Waals surface area contributed by atoms with Crippen molar-refractivity contribution in [1.82, 2.24) is 0 Å². The zero-order chi connectivity index (χ0) is 6.08. The molecule has 0 amide bonds. The summed E-state index contributed by atoms with van der Waals surface area (Å²) in [6.07, 6.45) is 0. The summed E-state index contributed by atoms with van der Waals surface area (Å²) in [6.45, 7) is 0. The minimum absolute atomic E-state index is 0. The molecule has 0 aromatic carbocycles. The van der Waals surface area contributed by atoms with Crippen molar-refractivity contribution in [2.75, 3.05) is 0 Å². The van der Waals surface area contributed by atoms with Gasteiger partial charge in [-0.25, -0.2) is 4.79 Å². The molecule has 0 atom stereocenters. The molecule has 6 heteroatoms. The van der Waals surface area contributed by atoms with Gasteiger partial charge in [-0.05, 0) is 0 Å². The fraction of sp³-hybridized carbons (Fsp3) is 0.500. The fourth-order valence-corrected chi connectivity index (χ4v) is 0. The SMILES string of the molecule is O=C(O)C(Cl)(Cl)Cl.[Sm]. The second-order valence-corrected chi connectivity index (χ2v) is 3.08. The van der Waals surface area contributed by atoms with Gasteiger partial charge in [0.2, 0.25) is 0 Å². The zero-order valence-corrected chi connectivity index (χ0v) is 8.28. The summed E-state index contributed by atoms with van der Waals surface area (Å²) < 4.78 is -2.17. The molecule has 8 heavy (non-hydrogen) atoms. The number of carboxylic acid groups (broad SMARTS) is 1. The van der Waals surface area contributed by atoms with Crippen LogP contribution in [0.1, 0.15) is 0 Å². The number of rotatable bonds is 0. The molecule has 0 rings (SSSR count). The Hall–Kier alpha value is 1.68. The Balaban J connectivity index is 0. The molecule has 0 aliphatic heterocycles. The Morgan fingerprint density at radius 3 is 1.50 bits per heavy atom. The molecule has 0 spiro atoms. The number of alkyl halides is 3. The Kier molecular flexibility index (Phi) is 6.93. The molecule has 0 aliphatic rings. The van der Waals surface area contributed by atoms with Crippen molar-refractivity contribution in [2.45, 2.75) is 3.79 Å². The van der Waals surface area contributed by atoms with Gasteiger partial charge in [-0.1, -0.05) is 34.8 Å². The first-order valence-electron chi connectivity index (χ1n) is 1.24. The Labute approximate surface area is 93.6 Å². The normalized spacial score (nSPS) is 9.88. The summed E-state index contributed by atoms with van der Waals surface area (Å²) in [5.74, 6) is -1.46. The van der Waals surface area contributed by atoms with Crippen LogP contribution in [0.5, 0.6) is 0 Å². The van der Waals surface area contributed by atoms with E-state index in [1.165, 1.54) is 0 Å². The van der Waals surface area contributed by atoms with Crippen LogP contribution < -0.4 is 0 Å². The predicted molar refractivity (Wildman–Crippen MR) is 27.9 cm³/mol. The van der Waals surface area contributed by atoms with Crippen LogP contribution in [-0.2, 0) is 4.79 Å². The van der Waals surface area contributed by atoms with E-state index in [9.17, 15) is 4.79 Å². The second kappa shape index (κ2) is 4.49. The average Bonchev–Trinajstić information content (AvgIpc) is 1.31. The van der Waals surface area contributed by atoms with Gasteiger partial charge in [0.25, 0.3) is 3.79 Å². The van der Waals surface area contributed by atoms with E-state index in [1.54, 1.807) is 0 Å². The molecule has 0 aromatic heterocycles. The van der Waals surface area contributed by atoms with Gasteiger partial charge in [-0.2, -0.15) is 0 Å². The molecular weight excluding hydrogens is 313 g/mol. The van der Waals surface area contributed by atoms with Gasteiger partial charge in [-0.3, -0.25) is 0 Å². The van der Waals surface area contributed by atoms with Crippen LogP contribution in [0.25, 0.3) is 0 Å². The number of carbonyl (C=O) groups is 1. The van der Waals surface area contributed by atoms with Gasteiger partial charge in [-0.15, -0.1) is 0 Å². The van der Waals surface area contributed by atoms with E-state index in [0.29, 0.717) is 0 Å². The summed E-state index contributed by atoms with van der Waals surface area (Å²) in [5.41, 5.74) is 0. The smallest absolute Gasteiger partial charge is 0.356 e. The standard InChI is InChI=1S/C2HCl3O2.Sm/c3-2(4,5)1(6)7;/h(H,6,7);. The minimum atomic E-state index is -2.17. The molecule has 0 unspecified atom stereocenters. The van der Waals surface area contributed by atoms with E-state index in [1.807, 2.05) is 0 Å². The maximum absolute atomic E-state index is 9.62. The average molecular weight is 314 g/mol.